The fourth-order valence-electron chi connectivity index (χ4n) is 4.34. The average Bonchev–Trinajstić information content (AvgIpc) is 2.65. The second-order valence-electron chi connectivity index (χ2n) is 8.55. The van der Waals surface area contributed by atoms with Gasteiger partial charge in [-0.2, -0.15) is 0 Å². The number of carbonyl (C=O) groups excluding carboxylic acids is 2. The third-order valence-electron chi connectivity index (χ3n) is 5.94. The second kappa shape index (κ2) is 11.0. The highest BCUT2D eigenvalue weighted by Gasteiger charge is 2.28. The predicted molar refractivity (Wildman–Crippen MR) is 106 cm³/mol. The predicted octanol–water partition coefficient (Wildman–Crippen LogP) is 2.55. The molecule has 0 bridgehead atoms. The number of nitrogens with zero attached hydrogens (tertiary/aromatic N) is 2. The number of amides is 1. The van der Waals surface area contributed by atoms with E-state index in [9.17, 15) is 9.59 Å². The molecule has 1 aliphatic carbocycles. The van der Waals surface area contributed by atoms with Gasteiger partial charge in [-0.25, -0.2) is 0 Å². The first-order valence-electron chi connectivity index (χ1n) is 10.7. The Hall–Kier alpha value is -0.940. The number of Topliss-reactive ketones (excluding diaryl/α,β-unsaturated/α-hetero) is 1. The first-order valence-corrected chi connectivity index (χ1v) is 10.7. The van der Waals surface area contributed by atoms with Crippen LogP contribution >= 0.6 is 0 Å². The molecule has 2 rings (SSSR count). The number of rotatable bonds is 9. The summed E-state index contributed by atoms with van der Waals surface area (Å²) in [6.07, 6.45) is 5.20. The van der Waals surface area contributed by atoms with Crippen molar-refractivity contribution in [3.63, 3.8) is 0 Å². The van der Waals surface area contributed by atoms with Gasteiger partial charge in [-0.3, -0.25) is 9.59 Å². The third kappa shape index (κ3) is 6.99. The zero-order valence-corrected chi connectivity index (χ0v) is 17.1. The molecule has 0 radical (unpaired) electrons. The summed E-state index contributed by atoms with van der Waals surface area (Å²) in [6, 6.07) is 0. The van der Waals surface area contributed by atoms with Crippen LogP contribution in [0.25, 0.3) is 0 Å². The lowest BCUT2D eigenvalue weighted by Gasteiger charge is -2.35. The molecule has 5 nitrogen and oxygen atoms in total. The van der Waals surface area contributed by atoms with Crippen LogP contribution in [0.1, 0.15) is 59.3 Å². The smallest absolute Gasteiger partial charge is 0.223 e. The standard InChI is InChI=1S/C21H39N3O2/c1-4-20(25)18-6-8-19(9-7-18)21(26)22-10-5-11-23-12-14-24(15-13-23)16-17(2)3/h17-19H,4-16H2,1-3H3,(H,22,26). The van der Waals surface area contributed by atoms with Crippen LogP contribution in [-0.2, 0) is 9.59 Å². The van der Waals surface area contributed by atoms with E-state index in [0.29, 0.717) is 12.2 Å². The summed E-state index contributed by atoms with van der Waals surface area (Å²) in [6.45, 7) is 14.2. The molecule has 1 saturated heterocycles. The Balaban J connectivity index is 1.54. The van der Waals surface area contributed by atoms with Crippen LogP contribution in [0.3, 0.4) is 0 Å². The molecule has 1 amide bonds. The molecule has 0 atom stereocenters. The van der Waals surface area contributed by atoms with Crippen molar-refractivity contribution in [2.45, 2.75) is 59.3 Å². The van der Waals surface area contributed by atoms with Gasteiger partial charge in [-0.15, -0.1) is 0 Å². The molecule has 0 aromatic heterocycles. The van der Waals surface area contributed by atoms with E-state index < -0.39 is 0 Å². The molecule has 1 aliphatic heterocycles. The number of piperazine rings is 1. The molecule has 2 aliphatic rings. The van der Waals surface area contributed by atoms with E-state index in [1.54, 1.807) is 0 Å². The van der Waals surface area contributed by atoms with Crippen LogP contribution in [0.4, 0.5) is 0 Å². The number of hydrogen-bond acceptors (Lipinski definition) is 4. The van der Waals surface area contributed by atoms with Gasteiger partial charge < -0.3 is 15.1 Å². The summed E-state index contributed by atoms with van der Waals surface area (Å²) in [5.74, 6) is 1.65. The summed E-state index contributed by atoms with van der Waals surface area (Å²) in [5.41, 5.74) is 0. The summed E-state index contributed by atoms with van der Waals surface area (Å²) in [7, 11) is 0. The van der Waals surface area contributed by atoms with E-state index in [2.05, 4.69) is 29.0 Å². The minimum Gasteiger partial charge on any atom is -0.356 e. The van der Waals surface area contributed by atoms with Crippen LogP contribution in [0, 0.1) is 17.8 Å². The zero-order chi connectivity index (χ0) is 18.9. The van der Waals surface area contributed by atoms with Crippen molar-refractivity contribution in [2.24, 2.45) is 17.8 Å². The van der Waals surface area contributed by atoms with E-state index in [0.717, 1.165) is 64.2 Å². The number of carbonyl (C=O) groups is 2. The Bertz CT molecular complexity index is 437. The SMILES string of the molecule is CCC(=O)C1CCC(C(=O)NCCCN2CCN(CC(C)C)CC2)CC1. The first-order chi connectivity index (χ1) is 12.5. The van der Waals surface area contributed by atoms with Gasteiger partial charge in [0.25, 0.3) is 0 Å². The molecule has 1 saturated carbocycles. The Morgan fingerprint density at radius 2 is 1.54 bits per heavy atom. The fourth-order valence-corrected chi connectivity index (χ4v) is 4.34. The van der Waals surface area contributed by atoms with Gasteiger partial charge in [0, 0.05) is 57.5 Å². The molecule has 0 spiro atoms. The third-order valence-corrected chi connectivity index (χ3v) is 5.94. The fraction of sp³-hybridized carbons (Fsp3) is 0.905. The van der Waals surface area contributed by atoms with Gasteiger partial charge in [0.2, 0.25) is 5.91 Å². The lowest BCUT2D eigenvalue weighted by atomic mass is 9.79. The molecule has 1 heterocycles. The van der Waals surface area contributed by atoms with E-state index >= 15 is 0 Å². The summed E-state index contributed by atoms with van der Waals surface area (Å²) < 4.78 is 0. The van der Waals surface area contributed by atoms with Crippen molar-refractivity contribution in [1.29, 1.82) is 0 Å². The van der Waals surface area contributed by atoms with Gasteiger partial charge in [-0.05, 0) is 44.6 Å². The molecule has 0 aromatic rings. The van der Waals surface area contributed by atoms with E-state index in [1.165, 1.54) is 19.6 Å². The highest BCUT2D eigenvalue weighted by molar-refractivity contribution is 5.82. The van der Waals surface area contributed by atoms with Gasteiger partial charge in [0.05, 0.1) is 0 Å². The first kappa shape index (κ1) is 21.4. The van der Waals surface area contributed by atoms with Gasteiger partial charge >= 0.3 is 0 Å². The maximum atomic E-state index is 12.3. The van der Waals surface area contributed by atoms with Gasteiger partial charge in [0.15, 0.2) is 0 Å². The molecule has 1 N–H and O–H groups in total. The minimum atomic E-state index is 0.121. The van der Waals surface area contributed by atoms with E-state index in [1.807, 2.05) is 6.92 Å². The monoisotopic (exact) mass is 365 g/mol. The lowest BCUT2D eigenvalue weighted by molar-refractivity contribution is -0.129. The normalized spacial score (nSPS) is 25.4. The van der Waals surface area contributed by atoms with Crippen molar-refractivity contribution in [3.8, 4) is 0 Å². The molecular weight excluding hydrogens is 326 g/mol. The Morgan fingerprint density at radius 1 is 0.962 bits per heavy atom. The summed E-state index contributed by atoms with van der Waals surface area (Å²) >= 11 is 0. The molecule has 0 unspecified atom stereocenters. The second-order valence-corrected chi connectivity index (χ2v) is 8.55. The Morgan fingerprint density at radius 3 is 2.12 bits per heavy atom. The quantitative estimate of drug-likeness (QED) is 0.638. The van der Waals surface area contributed by atoms with Crippen molar-refractivity contribution >= 4 is 11.7 Å². The zero-order valence-electron chi connectivity index (χ0n) is 17.1. The highest BCUT2D eigenvalue weighted by Crippen LogP contribution is 2.30. The molecule has 150 valence electrons. The summed E-state index contributed by atoms with van der Waals surface area (Å²) in [4.78, 5) is 29.2. The van der Waals surface area contributed by atoms with Gasteiger partial charge in [-0.1, -0.05) is 20.8 Å². The van der Waals surface area contributed by atoms with Crippen LogP contribution < -0.4 is 5.32 Å². The lowest BCUT2D eigenvalue weighted by Crippen LogP contribution is -2.47. The van der Waals surface area contributed by atoms with Crippen molar-refractivity contribution in [3.05, 3.63) is 0 Å². The molecule has 2 fully saturated rings. The van der Waals surface area contributed by atoms with E-state index in [-0.39, 0.29) is 17.7 Å². The summed E-state index contributed by atoms with van der Waals surface area (Å²) in [5, 5.41) is 3.12. The van der Waals surface area contributed by atoms with Gasteiger partial charge in [0.1, 0.15) is 5.78 Å². The number of ketones is 1. The van der Waals surface area contributed by atoms with Crippen molar-refractivity contribution in [1.82, 2.24) is 15.1 Å². The van der Waals surface area contributed by atoms with Crippen LogP contribution in [0.15, 0.2) is 0 Å². The largest absolute Gasteiger partial charge is 0.356 e. The topological polar surface area (TPSA) is 52.7 Å². The Labute approximate surface area is 159 Å². The highest BCUT2D eigenvalue weighted by atomic mass is 16.2. The van der Waals surface area contributed by atoms with Crippen LogP contribution in [0.5, 0.6) is 0 Å². The maximum absolute atomic E-state index is 12.3. The molecule has 0 aromatic carbocycles. The Kier molecular flexibility index (Phi) is 9.06. The van der Waals surface area contributed by atoms with Crippen molar-refractivity contribution in [2.75, 3.05) is 45.8 Å². The molecular formula is C21H39N3O2. The average molecular weight is 366 g/mol. The molecule has 26 heavy (non-hydrogen) atoms. The van der Waals surface area contributed by atoms with Crippen molar-refractivity contribution < 1.29 is 9.59 Å². The maximum Gasteiger partial charge on any atom is 0.223 e. The number of nitrogens with one attached hydrogen (secondary N) is 1. The molecule has 5 heteroatoms. The van der Waals surface area contributed by atoms with Crippen LogP contribution in [0.2, 0.25) is 0 Å². The van der Waals surface area contributed by atoms with Crippen LogP contribution in [-0.4, -0.2) is 67.3 Å². The minimum absolute atomic E-state index is 0.121. The van der Waals surface area contributed by atoms with E-state index in [4.69, 9.17) is 0 Å². The number of hydrogen-bond donors (Lipinski definition) is 1.